The summed E-state index contributed by atoms with van der Waals surface area (Å²) in [7, 11) is 0.773. The van der Waals surface area contributed by atoms with Gasteiger partial charge in [0.1, 0.15) is 6.73 Å². The van der Waals surface area contributed by atoms with Gasteiger partial charge >= 0.3 is 0 Å². The molecule has 0 aliphatic carbocycles. The first-order chi connectivity index (χ1) is 8.94. The first-order valence-electron chi connectivity index (χ1n) is 6.88. The van der Waals surface area contributed by atoms with Crippen LogP contribution >= 0.6 is 0 Å². The highest BCUT2D eigenvalue weighted by Gasteiger charge is 2.19. The molecule has 1 heterocycles. The van der Waals surface area contributed by atoms with Crippen LogP contribution in [0.5, 0.6) is 0 Å². The minimum atomic E-state index is -1.04. The number of nitrogens with zero attached hydrogens (tertiary/aromatic N) is 2. The predicted molar refractivity (Wildman–Crippen MR) is 80.0 cm³/mol. The van der Waals surface area contributed by atoms with Crippen LogP contribution in [0.2, 0.25) is 25.7 Å². The third kappa shape index (κ3) is 6.37. The van der Waals surface area contributed by atoms with Gasteiger partial charge in [-0.3, -0.25) is 10.4 Å². The monoisotopic (exact) mass is 288 g/mol. The minimum absolute atomic E-state index is 0.414. The lowest BCUT2D eigenvalue weighted by atomic mass is 10.4. The first-order valence-corrected chi connectivity index (χ1v) is 10.6. The van der Waals surface area contributed by atoms with Crippen molar-refractivity contribution >= 4 is 14.0 Å². The van der Waals surface area contributed by atoms with Crippen molar-refractivity contribution in [2.75, 3.05) is 46.7 Å². The Hall–Kier alpha value is -0.633. The molecule has 0 saturated carbocycles. The second kappa shape index (κ2) is 7.84. The number of hydrogen-bond acceptors (Lipinski definition) is 4. The van der Waals surface area contributed by atoms with Crippen LogP contribution in [0.15, 0.2) is 0 Å². The van der Waals surface area contributed by atoms with Crippen LogP contribution in [0.25, 0.3) is 0 Å². The molecule has 0 aromatic heterocycles. The Kier molecular flexibility index (Phi) is 6.77. The van der Waals surface area contributed by atoms with E-state index in [2.05, 4.69) is 25.1 Å². The van der Waals surface area contributed by atoms with Gasteiger partial charge in [-0.15, -0.1) is 0 Å². The van der Waals surface area contributed by atoms with Crippen molar-refractivity contribution in [1.82, 2.24) is 15.3 Å². The first kappa shape index (κ1) is 16.4. The standard InChI is InChI=1S/C12H28N4O2Si/c1-14-16(11-18-9-10-19(2,3)4)12(13)15-5-7-17-8-6-15/h13-14H,5-11H2,1-4H3. The lowest BCUT2D eigenvalue weighted by Crippen LogP contribution is -2.53. The average Bonchev–Trinajstić information content (AvgIpc) is 2.38. The number of ether oxygens (including phenoxy) is 2. The molecule has 1 rings (SSSR count). The molecule has 112 valence electrons. The van der Waals surface area contributed by atoms with E-state index in [1.54, 1.807) is 5.01 Å². The zero-order chi connectivity index (χ0) is 14.3. The maximum atomic E-state index is 8.16. The summed E-state index contributed by atoms with van der Waals surface area (Å²) >= 11 is 0. The molecule has 0 bridgehead atoms. The van der Waals surface area contributed by atoms with Crippen molar-refractivity contribution in [2.45, 2.75) is 25.7 Å². The van der Waals surface area contributed by atoms with Crippen LogP contribution in [0.1, 0.15) is 0 Å². The second-order valence-corrected chi connectivity index (χ2v) is 11.5. The lowest BCUT2D eigenvalue weighted by molar-refractivity contribution is 0.0273. The highest BCUT2D eigenvalue weighted by Crippen LogP contribution is 2.08. The Morgan fingerprint density at radius 1 is 1.37 bits per heavy atom. The zero-order valence-corrected chi connectivity index (χ0v) is 13.7. The third-order valence-electron chi connectivity index (χ3n) is 3.05. The van der Waals surface area contributed by atoms with Gasteiger partial charge < -0.3 is 14.4 Å². The van der Waals surface area contributed by atoms with Crippen molar-refractivity contribution in [2.24, 2.45) is 0 Å². The van der Waals surface area contributed by atoms with Gasteiger partial charge in [0.05, 0.1) is 13.2 Å². The summed E-state index contributed by atoms with van der Waals surface area (Å²) in [6.45, 7) is 11.1. The summed E-state index contributed by atoms with van der Waals surface area (Å²) in [5.74, 6) is 0.457. The van der Waals surface area contributed by atoms with E-state index in [0.29, 0.717) is 25.9 Å². The van der Waals surface area contributed by atoms with Gasteiger partial charge in [-0.2, -0.15) is 0 Å². The highest BCUT2D eigenvalue weighted by atomic mass is 28.3. The molecule has 2 N–H and O–H groups in total. The van der Waals surface area contributed by atoms with E-state index in [1.807, 2.05) is 11.9 Å². The maximum absolute atomic E-state index is 8.16. The van der Waals surface area contributed by atoms with E-state index >= 15 is 0 Å². The molecule has 0 atom stereocenters. The Morgan fingerprint density at radius 2 is 2.00 bits per heavy atom. The molecule has 19 heavy (non-hydrogen) atoms. The van der Waals surface area contributed by atoms with Crippen LogP contribution in [0.4, 0.5) is 0 Å². The summed E-state index contributed by atoms with van der Waals surface area (Å²) in [5, 5.41) is 9.89. The number of hydrazine groups is 1. The molecule has 0 aromatic rings. The molecule has 0 spiro atoms. The molecule has 1 saturated heterocycles. The van der Waals surface area contributed by atoms with E-state index in [4.69, 9.17) is 14.9 Å². The van der Waals surface area contributed by atoms with Crippen LogP contribution < -0.4 is 5.43 Å². The molecule has 0 unspecified atom stereocenters. The van der Waals surface area contributed by atoms with Gasteiger partial charge in [0.25, 0.3) is 0 Å². The second-order valence-electron chi connectivity index (χ2n) is 5.92. The van der Waals surface area contributed by atoms with Gasteiger partial charge in [-0.1, -0.05) is 19.6 Å². The van der Waals surface area contributed by atoms with Crippen molar-refractivity contribution in [3.8, 4) is 0 Å². The van der Waals surface area contributed by atoms with Gasteiger partial charge in [0.15, 0.2) is 0 Å². The lowest BCUT2D eigenvalue weighted by Gasteiger charge is -2.34. The Labute approximate surface area is 117 Å². The molecular weight excluding hydrogens is 260 g/mol. The normalized spacial score (nSPS) is 16.5. The van der Waals surface area contributed by atoms with Crippen LogP contribution in [-0.2, 0) is 9.47 Å². The van der Waals surface area contributed by atoms with Crippen molar-refractivity contribution in [3.05, 3.63) is 0 Å². The Bertz CT molecular complexity index is 277. The smallest absolute Gasteiger partial charge is 0.210 e. The van der Waals surface area contributed by atoms with Gasteiger partial charge in [0.2, 0.25) is 5.96 Å². The summed E-state index contributed by atoms with van der Waals surface area (Å²) in [6.07, 6.45) is 0. The predicted octanol–water partition coefficient (Wildman–Crippen LogP) is 1.00. The quantitative estimate of drug-likeness (QED) is 0.191. The number of guanidine groups is 1. The topological polar surface area (TPSA) is 60.8 Å². The third-order valence-corrected chi connectivity index (χ3v) is 4.76. The van der Waals surface area contributed by atoms with Crippen molar-refractivity contribution in [3.63, 3.8) is 0 Å². The van der Waals surface area contributed by atoms with Crippen LogP contribution in [0.3, 0.4) is 0 Å². The number of morpholine rings is 1. The van der Waals surface area contributed by atoms with Gasteiger partial charge in [-0.05, 0) is 6.04 Å². The fourth-order valence-corrected chi connectivity index (χ4v) is 2.47. The van der Waals surface area contributed by atoms with E-state index in [9.17, 15) is 0 Å². The zero-order valence-electron chi connectivity index (χ0n) is 12.7. The molecule has 1 aliphatic rings. The molecule has 1 aliphatic heterocycles. The SMILES string of the molecule is CNN(COCC[Si](C)(C)C)C(=N)N1CCOCC1. The Morgan fingerprint density at radius 3 is 2.53 bits per heavy atom. The number of rotatable bonds is 6. The van der Waals surface area contributed by atoms with Crippen molar-refractivity contribution < 1.29 is 9.47 Å². The molecule has 0 radical (unpaired) electrons. The van der Waals surface area contributed by atoms with Gasteiger partial charge in [0, 0.05) is 34.8 Å². The Balaban J connectivity index is 2.29. The molecule has 0 aromatic carbocycles. The van der Waals surface area contributed by atoms with Crippen molar-refractivity contribution in [1.29, 1.82) is 5.41 Å². The summed E-state index contributed by atoms with van der Waals surface area (Å²) in [4.78, 5) is 2.00. The molecular formula is C12H28N4O2Si. The molecule has 1 fully saturated rings. The number of hydrogen-bond donors (Lipinski definition) is 2. The van der Waals surface area contributed by atoms with Crippen LogP contribution in [-0.4, -0.2) is 70.6 Å². The summed E-state index contributed by atoms with van der Waals surface area (Å²) in [6, 6.07) is 1.15. The fraction of sp³-hybridized carbons (Fsp3) is 0.917. The maximum Gasteiger partial charge on any atom is 0.210 e. The molecule has 0 amide bonds. The van der Waals surface area contributed by atoms with Gasteiger partial charge in [-0.25, -0.2) is 5.43 Å². The van der Waals surface area contributed by atoms with E-state index in [-0.39, 0.29) is 0 Å². The number of nitrogens with one attached hydrogen (secondary N) is 2. The summed E-state index contributed by atoms with van der Waals surface area (Å²) in [5.41, 5.74) is 3.01. The highest BCUT2D eigenvalue weighted by molar-refractivity contribution is 6.76. The molecule has 7 heteroatoms. The van der Waals surface area contributed by atoms with Crippen LogP contribution in [0, 0.1) is 5.41 Å². The van der Waals surface area contributed by atoms with E-state index in [1.165, 1.54) is 0 Å². The summed E-state index contributed by atoms with van der Waals surface area (Å²) < 4.78 is 11.0. The fourth-order valence-electron chi connectivity index (χ4n) is 1.71. The largest absolute Gasteiger partial charge is 0.378 e. The average molecular weight is 288 g/mol. The van der Waals surface area contributed by atoms with E-state index in [0.717, 1.165) is 25.7 Å². The molecule has 6 nitrogen and oxygen atoms in total. The minimum Gasteiger partial charge on any atom is -0.378 e. The van der Waals surface area contributed by atoms with E-state index < -0.39 is 8.07 Å².